The number of hydrogen-bond acceptors (Lipinski definition) is 6. The molecule has 0 saturated heterocycles. The molecule has 42 heavy (non-hydrogen) atoms. The molecule has 5 aromatic rings. The number of esters is 1. The van der Waals surface area contributed by atoms with Crippen LogP contribution in [0.15, 0.2) is 99.9 Å². The van der Waals surface area contributed by atoms with Gasteiger partial charge in [0, 0.05) is 28.7 Å². The standard InChI is InChI=1S/C34H28N4O3S/c1-4-27-30(33(40)41-3)31(22-12-6-5-7-13-22)38-32(39)29(42-34(38)36-27)18-26-21(2)37(28-17-11-10-16-25(26)28)20-24-15-9-8-14-23(24)19-35/h5-18,31H,4,20H2,1-3H3/b29-18+/t31-/m1/s1. The van der Waals surface area contributed by atoms with E-state index < -0.39 is 12.0 Å². The number of carbonyl (C=O) groups excluding carboxylic acids is 1. The molecule has 1 aliphatic rings. The van der Waals surface area contributed by atoms with Gasteiger partial charge in [0.25, 0.3) is 5.56 Å². The molecule has 0 aliphatic carbocycles. The third-order valence-corrected chi connectivity index (χ3v) is 8.77. The van der Waals surface area contributed by atoms with Crippen molar-refractivity contribution in [2.75, 3.05) is 7.11 Å². The third kappa shape index (κ3) is 4.48. The number of nitriles is 1. The van der Waals surface area contributed by atoms with Crippen LogP contribution in [0.2, 0.25) is 0 Å². The number of methoxy groups -OCH3 is 1. The molecule has 8 heteroatoms. The number of benzene rings is 3. The fourth-order valence-electron chi connectivity index (χ4n) is 5.73. The van der Waals surface area contributed by atoms with Gasteiger partial charge < -0.3 is 9.30 Å². The van der Waals surface area contributed by atoms with Crippen LogP contribution < -0.4 is 14.9 Å². The first-order valence-corrected chi connectivity index (χ1v) is 14.5. The molecular weight excluding hydrogens is 544 g/mol. The van der Waals surface area contributed by atoms with E-state index in [1.54, 1.807) is 4.57 Å². The second-order valence-electron chi connectivity index (χ2n) is 10.1. The van der Waals surface area contributed by atoms with Gasteiger partial charge in [-0.25, -0.2) is 9.79 Å². The summed E-state index contributed by atoms with van der Waals surface area (Å²) < 4.78 is 9.50. The molecule has 3 aromatic carbocycles. The maximum atomic E-state index is 14.1. The summed E-state index contributed by atoms with van der Waals surface area (Å²) >= 11 is 1.32. The summed E-state index contributed by atoms with van der Waals surface area (Å²) in [5, 5.41) is 10.7. The number of rotatable bonds is 6. The SMILES string of the molecule is CCC1=C(C(=O)OC)[C@@H](c2ccccc2)n2c(s/c(=C/c3c(C)n(Cc4ccccc4C#N)c4ccccc34)c2=O)=N1. The van der Waals surface area contributed by atoms with Crippen LogP contribution >= 0.6 is 11.3 Å². The lowest BCUT2D eigenvalue weighted by Crippen LogP contribution is -2.40. The van der Waals surface area contributed by atoms with Crippen molar-refractivity contribution in [3.63, 3.8) is 0 Å². The molecule has 3 heterocycles. The Morgan fingerprint density at radius 3 is 2.52 bits per heavy atom. The van der Waals surface area contributed by atoms with Crippen LogP contribution in [0.25, 0.3) is 17.0 Å². The summed E-state index contributed by atoms with van der Waals surface area (Å²) in [6, 6.07) is 26.9. The number of para-hydroxylation sites is 1. The van der Waals surface area contributed by atoms with Crippen LogP contribution in [-0.2, 0) is 16.1 Å². The van der Waals surface area contributed by atoms with E-state index in [1.165, 1.54) is 18.4 Å². The smallest absolute Gasteiger partial charge is 0.338 e. The molecular formula is C34H28N4O3S. The van der Waals surface area contributed by atoms with Crippen molar-refractivity contribution in [2.24, 2.45) is 4.99 Å². The molecule has 0 fully saturated rings. The van der Waals surface area contributed by atoms with E-state index in [2.05, 4.69) is 22.8 Å². The van der Waals surface area contributed by atoms with Crippen molar-refractivity contribution in [3.05, 3.63) is 138 Å². The Morgan fingerprint density at radius 2 is 1.79 bits per heavy atom. The minimum Gasteiger partial charge on any atom is -0.466 e. The number of hydrogen-bond donors (Lipinski definition) is 0. The molecule has 1 aliphatic heterocycles. The molecule has 0 unspecified atom stereocenters. The van der Waals surface area contributed by atoms with Crippen LogP contribution in [0, 0.1) is 18.3 Å². The lowest BCUT2D eigenvalue weighted by Gasteiger charge is -2.25. The second kappa shape index (κ2) is 11.1. The molecule has 0 amide bonds. The normalized spacial score (nSPS) is 14.9. The van der Waals surface area contributed by atoms with Crippen LogP contribution in [0.1, 0.15) is 47.3 Å². The zero-order valence-electron chi connectivity index (χ0n) is 23.5. The average Bonchev–Trinajstić information content (AvgIpc) is 3.48. The van der Waals surface area contributed by atoms with E-state index in [-0.39, 0.29) is 5.56 Å². The number of allylic oxidation sites excluding steroid dienone is 1. The number of fused-ring (bicyclic) bond motifs is 2. The van der Waals surface area contributed by atoms with Gasteiger partial charge in [0.2, 0.25) is 0 Å². The molecule has 2 aromatic heterocycles. The maximum Gasteiger partial charge on any atom is 0.338 e. The Kier molecular flexibility index (Phi) is 7.19. The largest absolute Gasteiger partial charge is 0.466 e. The molecule has 0 saturated carbocycles. The molecule has 7 nitrogen and oxygen atoms in total. The number of thiazole rings is 1. The van der Waals surface area contributed by atoms with Gasteiger partial charge in [0.05, 0.1) is 40.6 Å². The highest BCUT2D eigenvalue weighted by molar-refractivity contribution is 7.07. The summed E-state index contributed by atoms with van der Waals surface area (Å²) in [6.45, 7) is 4.51. The van der Waals surface area contributed by atoms with Gasteiger partial charge in [-0.2, -0.15) is 5.26 Å². The van der Waals surface area contributed by atoms with E-state index in [1.807, 2.05) is 86.7 Å². The predicted molar refractivity (Wildman–Crippen MR) is 164 cm³/mol. The summed E-state index contributed by atoms with van der Waals surface area (Å²) in [5.41, 5.74) is 6.11. The first kappa shape index (κ1) is 27.2. The zero-order chi connectivity index (χ0) is 29.4. The van der Waals surface area contributed by atoms with Crippen molar-refractivity contribution in [2.45, 2.75) is 32.9 Å². The Balaban J connectivity index is 1.57. The van der Waals surface area contributed by atoms with Gasteiger partial charge in [0.1, 0.15) is 0 Å². The van der Waals surface area contributed by atoms with Gasteiger partial charge in [-0.05, 0) is 42.7 Å². The lowest BCUT2D eigenvalue weighted by atomic mass is 9.95. The third-order valence-electron chi connectivity index (χ3n) is 7.79. The highest BCUT2D eigenvalue weighted by atomic mass is 32.1. The number of nitrogens with zero attached hydrogens (tertiary/aromatic N) is 4. The number of ether oxygens (including phenoxy) is 1. The van der Waals surface area contributed by atoms with Gasteiger partial charge >= 0.3 is 5.97 Å². The second-order valence-corrected chi connectivity index (χ2v) is 11.1. The van der Waals surface area contributed by atoms with E-state index >= 15 is 0 Å². The van der Waals surface area contributed by atoms with E-state index in [0.717, 1.165) is 33.3 Å². The monoisotopic (exact) mass is 572 g/mol. The first-order valence-electron chi connectivity index (χ1n) is 13.7. The van der Waals surface area contributed by atoms with Gasteiger partial charge in [-0.3, -0.25) is 9.36 Å². The Labute approximate surface area is 246 Å². The molecule has 208 valence electrons. The molecule has 6 rings (SSSR count). The summed E-state index contributed by atoms with van der Waals surface area (Å²) in [7, 11) is 1.35. The minimum absolute atomic E-state index is 0.213. The molecule has 0 bridgehead atoms. The quantitative estimate of drug-likeness (QED) is 0.269. The minimum atomic E-state index is -0.642. The van der Waals surface area contributed by atoms with Gasteiger partial charge in [0.15, 0.2) is 4.80 Å². The Bertz CT molecular complexity index is 2110. The Morgan fingerprint density at radius 1 is 1.07 bits per heavy atom. The maximum absolute atomic E-state index is 14.1. The van der Waals surface area contributed by atoms with Gasteiger partial charge in [-0.1, -0.05) is 85.0 Å². The highest BCUT2D eigenvalue weighted by Crippen LogP contribution is 2.32. The van der Waals surface area contributed by atoms with Crippen molar-refractivity contribution in [1.29, 1.82) is 5.26 Å². The lowest BCUT2D eigenvalue weighted by molar-refractivity contribution is -0.136. The predicted octanol–water partition coefficient (Wildman–Crippen LogP) is 4.98. The Hall–Kier alpha value is -5.00. The molecule has 0 N–H and O–H groups in total. The fourth-order valence-corrected chi connectivity index (χ4v) is 6.73. The molecule has 1 atom stereocenters. The van der Waals surface area contributed by atoms with Crippen molar-refractivity contribution in [1.82, 2.24) is 9.13 Å². The summed E-state index contributed by atoms with van der Waals surface area (Å²) in [6.07, 6.45) is 2.46. The zero-order valence-corrected chi connectivity index (χ0v) is 24.3. The average molecular weight is 573 g/mol. The van der Waals surface area contributed by atoms with E-state index in [4.69, 9.17) is 9.73 Å². The summed E-state index contributed by atoms with van der Waals surface area (Å²) in [5.74, 6) is -0.490. The van der Waals surface area contributed by atoms with Gasteiger partial charge in [-0.15, -0.1) is 0 Å². The van der Waals surface area contributed by atoms with E-state index in [9.17, 15) is 14.9 Å². The molecule has 0 radical (unpaired) electrons. The fraction of sp³-hybridized carbons (Fsp3) is 0.176. The van der Waals surface area contributed by atoms with Crippen LogP contribution in [0.5, 0.6) is 0 Å². The van der Waals surface area contributed by atoms with Crippen molar-refractivity contribution in [3.8, 4) is 6.07 Å². The van der Waals surface area contributed by atoms with E-state index in [0.29, 0.717) is 39.1 Å². The molecule has 0 spiro atoms. The number of carbonyl (C=O) groups is 1. The first-order chi connectivity index (χ1) is 20.5. The van der Waals surface area contributed by atoms with Crippen molar-refractivity contribution < 1.29 is 9.53 Å². The van der Waals surface area contributed by atoms with Crippen LogP contribution in [-0.4, -0.2) is 22.2 Å². The highest BCUT2D eigenvalue weighted by Gasteiger charge is 2.33. The number of aromatic nitrogens is 2. The van der Waals surface area contributed by atoms with Crippen LogP contribution in [0.3, 0.4) is 0 Å². The van der Waals surface area contributed by atoms with Crippen molar-refractivity contribution >= 4 is 34.3 Å². The van der Waals surface area contributed by atoms with Crippen LogP contribution in [0.4, 0.5) is 0 Å². The summed E-state index contributed by atoms with van der Waals surface area (Å²) in [4.78, 5) is 32.5. The topological polar surface area (TPSA) is 89.4 Å².